The van der Waals surface area contributed by atoms with Crippen LogP contribution in [0.3, 0.4) is 0 Å². The summed E-state index contributed by atoms with van der Waals surface area (Å²) >= 11 is 0. The van der Waals surface area contributed by atoms with Crippen molar-refractivity contribution in [3.8, 4) is 0 Å². The first kappa shape index (κ1) is 29.6. The van der Waals surface area contributed by atoms with Crippen molar-refractivity contribution in [2.24, 2.45) is 10.8 Å². The van der Waals surface area contributed by atoms with Gasteiger partial charge in [0.2, 0.25) is 17.8 Å². The number of hydrogen-bond donors (Lipinski definition) is 7. The average Bonchev–Trinajstić information content (AvgIpc) is 2.63. The van der Waals surface area contributed by atoms with Gasteiger partial charge in [-0.1, -0.05) is 41.5 Å². The second-order valence-electron chi connectivity index (χ2n) is 11.9. The van der Waals surface area contributed by atoms with E-state index in [0.29, 0.717) is 31.8 Å². The van der Waals surface area contributed by atoms with Crippen LogP contribution in [0, 0.1) is 10.8 Å². The summed E-state index contributed by atoms with van der Waals surface area (Å²) in [6, 6.07) is -0.296. The topological polar surface area (TPSA) is 156 Å². The van der Waals surface area contributed by atoms with Crippen LogP contribution in [0.5, 0.6) is 0 Å². The molecule has 0 radical (unpaired) electrons. The van der Waals surface area contributed by atoms with Crippen LogP contribution in [0.15, 0.2) is 0 Å². The summed E-state index contributed by atoms with van der Waals surface area (Å²) < 4.78 is 0. The lowest BCUT2D eigenvalue weighted by molar-refractivity contribution is 0.0502. The summed E-state index contributed by atoms with van der Waals surface area (Å²) in [4.78, 5) is 25.0. The van der Waals surface area contributed by atoms with Crippen LogP contribution in [0.2, 0.25) is 0 Å². The van der Waals surface area contributed by atoms with Gasteiger partial charge >= 0.3 is 6.03 Å². The number of amides is 2. The number of aromatic nitrogens is 3. The number of carbonyl (C=O) groups is 1. The van der Waals surface area contributed by atoms with Crippen molar-refractivity contribution in [3.63, 3.8) is 0 Å². The van der Waals surface area contributed by atoms with E-state index >= 15 is 0 Å². The molecule has 11 nitrogen and oxygen atoms in total. The first-order chi connectivity index (χ1) is 15.4. The quantitative estimate of drug-likeness (QED) is 0.235. The van der Waals surface area contributed by atoms with Gasteiger partial charge in [-0.15, -0.1) is 0 Å². The summed E-state index contributed by atoms with van der Waals surface area (Å²) in [7, 11) is 0. The van der Waals surface area contributed by atoms with Gasteiger partial charge in [-0.05, 0) is 50.9 Å². The fraction of sp³-hybridized carbons (Fsp3) is 0.826. The van der Waals surface area contributed by atoms with Crippen LogP contribution in [-0.4, -0.2) is 62.3 Å². The van der Waals surface area contributed by atoms with Gasteiger partial charge in [-0.3, -0.25) is 0 Å². The molecule has 1 heterocycles. The van der Waals surface area contributed by atoms with Gasteiger partial charge < -0.3 is 36.8 Å². The number of rotatable bonds is 11. The van der Waals surface area contributed by atoms with Crippen molar-refractivity contribution in [2.45, 2.75) is 99.4 Å². The molecule has 11 heteroatoms. The van der Waals surface area contributed by atoms with Crippen LogP contribution in [-0.2, 0) is 0 Å². The first-order valence-electron chi connectivity index (χ1n) is 11.9. The Hall–Kier alpha value is -2.40. The van der Waals surface area contributed by atoms with Crippen LogP contribution >= 0.6 is 0 Å². The van der Waals surface area contributed by atoms with E-state index in [1.54, 1.807) is 0 Å². The smallest absolute Gasteiger partial charge is 0.316 e. The van der Waals surface area contributed by atoms with Crippen molar-refractivity contribution >= 4 is 23.9 Å². The third kappa shape index (κ3) is 13.3. The Morgan fingerprint density at radius 2 is 1.44 bits per heavy atom. The number of nitrogens with zero attached hydrogens (tertiary/aromatic N) is 3. The molecule has 0 aromatic carbocycles. The first-order valence-corrected chi connectivity index (χ1v) is 11.9. The number of carbonyl (C=O) groups excluding carboxylic acids is 1. The van der Waals surface area contributed by atoms with E-state index in [9.17, 15) is 15.0 Å². The Kier molecular flexibility index (Phi) is 10.8. The van der Waals surface area contributed by atoms with Crippen molar-refractivity contribution in [1.29, 1.82) is 0 Å². The molecular weight excluding hydrogens is 436 g/mol. The highest BCUT2D eigenvalue weighted by atomic mass is 16.3. The van der Waals surface area contributed by atoms with E-state index in [4.69, 9.17) is 0 Å². The van der Waals surface area contributed by atoms with E-state index in [1.807, 2.05) is 62.3 Å². The molecule has 0 aliphatic rings. The van der Waals surface area contributed by atoms with Gasteiger partial charge in [-0.2, -0.15) is 15.0 Å². The van der Waals surface area contributed by atoms with Crippen LogP contribution < -0.4 is 26.6 Å². The maximum Gasteiger partial charge on any atom is 0.316 e. The second-order valence-corrected chi connectivity index (χ2v) is 11.9. The van der Waals surface area contributed by atoms with Crippen LogP contribution in [0.1, 0.15) is 81.6 Å². The molecule has 0 bridgehead atoms. The zero-order valence-corrected chi connectivity index (χ0v) is 22.3. The van der Waals surface area contributed by atoms with Gasteiger partial charge in [0.1, 0.15) is 6.23 Å². The van der Waals surface area contributed by atoms with Gasteiger partial charge in [-0.25, -0.2) is 4.79 Å². The van der Waals surface area contributed by atoms with E-state index in [-0.39, 0.29) is 41.0 Å². The fourth-order valence-corrected chi connectivity index (χ4v) is 2.68. The molecule has 34 heavy (non-hydrogen) atoms. The molecule has 2 amide bonds. The zero-order chi connectivity index (χ0) is 26.2. The summed E-state index contributed by atoms with van der Waals surface area (Å²) in [6.45, 7) is 18.7. The monoisotopic (exact) mass is 482 g/mol. The number of anilines is 3. The molecule has 0 aliphatic heterocycles. The number of nitrogens with one attached hydrogen (secondary N) is 5. The second kappa shape index (κ2) is 12.3. The largest absolute Gasteiger partial charge is 0.393 e. The minimum Gasteiger partial charge on any atom is -0.393 e. The number of hydrogen-bond acceptors (Lipinski definition) is 9. The van der Waals surface area contributed by atoms with Crippen molar-refractivity contribution in [1.82, 2.24) is 25.6 Å². The molecular formula is C23H46N8O3. The van der Waals surface area contributed by atoms with Gasteiger partial charge in [0.05, 0.1) is 12.8 Å². The third-order valence-electron chi connectivity index (χ3n) is 4.65. The Labute approximate surface area is 204 Å². The normalized spacial score (nSPS) is 14.2. The zero-order valence-electron chi connectivity index (χ0n) is 22.3. The summed E-state index contributed by atoms with van der Waals surface area (Å²) in [5, 5.41) is 35.1. The lowest BCUT2D eigenvalue weighted by Crippen LogP contribution is -2.41. The minimum atomic E-state index is -0.883. The predicted molar refractivity (Wildman–Crippen MR) is 137 cm³/mol. The SMILES string of the molecule is CC(C)(C)CNC(=O)NCNc1nc(NC(O)CCCC(O)C(C)(C)C)nc(NC(C)(C)C)n1. The lowest BCUT2D eigenvalue weighted by Gasteiger charge is -2.26. The molecule has 1 rings (SSSR count). The van der Waals surface area contributed by atoms with Crippen molar-refractivity contribution in [2.75, 3.05) is 29.2 Å². The van der Waals surface area contributed by atoms with Crippen molar-refractivity contribution in [3.05, 3.63) is 0 Å². The molecule has 0 saturated carbocycles. The predicted octanol–water partition coefficient (Wildman–Crippen LogP) is 3.10. The number of aliphatic hydroxyl groups excluding tert-OH is 2. The molecule has 2 atom stereocenters. The molecule has 0 fully saturated rings. The van der Waals surface area contributed by atoms with E-state index < -0.39 is 12.3 Å². The summed E-state index contributed by atoms with van der Waals surface area (Å²) in [6.07, 6.45) is 0.337. The highest BCUT2D eigenvalue weighted by Gasteiger charge is 2.22. The molecule has 7 N–H and O–H groups in total. The summed E-state index contributed by atoms with van der Waals surface area (Å²) in [5.41, 5.74) is -0.500. The average molecular weight is 483 g/mol. The maximum absolute atomic E-state index is 12.0. The maximum atomic E-state index is 12.0. The van der Waals surface area contributed by atoms with Gasteiger partial charge in [0, 0.05) is 12.1 Å². The Morgan fingerprint density at radius 1 is 0.853 bits per heavy atom. The molecule has 196 valence electrons. The summed E-state index contributed by atoms with van der Waals surface area (Å²) in [5.74, 6) is 0.779. The number of urea groups is 1. The standard InChI is InChI=1S/C23H46N8O3/c1-21(2,3)13-24-20(34)26-14-25-17-28-18(30-19(29-17)31-23(7,8)9)27-16(33)12-10-11-15(32)22(4,5)6/h15-16,32-33H,10-14H2,1-9H3,(H2,24,26,34)(H3,25,27,28,29,30,31). The Morgan fingerprint density at radius 3 is 2.00 bits per heavy atom. The van der Waals surface area contributed by atoms with Crippen LogP contribution in [0.4, 0.5) is 22.6 Å². The Bertz CT molecular complexity index is 769. The third-order valence-corrected chi connectivity index (χ3v) is 4.65. The van der Waals surface area contributed by atoms with Crippen molar-refractivity contribution < 1.29 is 15.0 Å². The highest BCUT2D eigenvalue weighted by Crippen LogP contribution is 2.23. The molecule has 1 aromatic heterocycles. The number of aliphatic hydroxyl groups is 2. The van der Waals surface area contributed by atoms with E-state index in [1.165, 1.54) is 0 Å². The van der Waals surface area contributed by atoms with Crippen LogP contribution in [0.25, 0.3) is 0 Å². The lowest BCUT2D eigenvalue weighted by atomic mass is 9.86. The fourth-order valence-electron chi connectivity index (χ4n) is 2.68. The highest BCUT2D eigenvalue weighted by molar-refractivity contribution is 5.74. The van der Waals surface area contributed by atoms with E-state index in [0.717, 1.165) is 0 Å². The molecule has 0 spiro atoms. The van der Waals surface area contributed by atoms with Gasteiger partial charge in [0.25, 0.3) is 0 Å². The molecule has 1 aromatic rings. The molecule has 2 unspecified atom stereocenters. The minimum absolute atomic E-state index is 0.0151. The Balaban J connectivity index is 2.74. The molecule has 0 aliphatic carbocycles. The van der Waals surface area contributed by atoms with E-state index in [2.05, 4.69) is 41.5 Å². The molecule has 0 saturated heterocycles. The van der Waals surface area contributed by atoms with Gasteiger partial charge in [0.15, 0.2) is 0 Å².